The van der Waals surface area contributed by atoms with E-state index in [1.54, 1.807) is 19.2 Å². The summed E-state index contributed by atoms with van der Waals surface area (Å²) in [5.74, 6) is 1.79. The van der Waals surface area contributed by atoms with E-state index in [1.807, 2.05) is 42.5 Å². The van der Waals surface area contributed by atoms with Gasteiger partial charge in [0.25, 0.3) is 5.91 Å². The third kappa shape index (κ3) is 4.86. The van der Waals surface area contributed by atoms with Crippen LogP contribution in [0.25, 0.3) is 0 Å². The van der Waals surface area contributed by atoms with Crippen molar-refractivity contribution in [3.05, 3.63) is 72.4 Å². The predicted octanol–water partition coefficient (Wildman–Crippen LogP) is 3.68. The number of carbonyl (C=O) groups is 1. The highest BCUT2D eigenvalue weighted by molar-refractivity contribution is 6.02. The lowest BCUT2D eigenvalue weighted by Crippen LogP contribution is -2.22. The number of rotatable bonds is 7. The summed E-state index contributed by atoms with van der Waals surface area (Å²) in [5.41, 5.74) is 2.20. The van der Waals surface area contributed by atoms with Crippen molar-refractivity contribution in [2.24, 2.45) is 5.92 Å². The van der Waals surface area contributed by atoms with Crippen LogP contribution in [0.2, 0.25) is 0 Å². The number of anilines is 3. The minimum absolute atomic E-state index is 0.273. The zero-order valence-electron chi connectivity index (χ0n) is 16.9. The lowest BCUT2D eigenvalue weighted by molar-refractivity contribution is 0.102. The molecule has 3 aromatic rings. The van der Waals surface area contributed by atoms with Gasteiger partial charge in [0.2, 0.25) is 0 Å². The lowest BCUT2D eigenvalue weighted by atomic mass is 10.1. The van der Waals surface area contributed by atoms with Crippen LogP contribution in [-0.2, 0) is 0 Å². The standard InChI is InChI=1S/C23H25N5O2/c1-30-20-9-5-8-19(14-20)28-13-12-17(16-28)15-24-22-11-10-21(26-27-22)23(29)25-18-6-3-2-4-7-18/h2-11,14,17H,12-13,15-16H2,1H3,(H,24,27)(H,25,29). The molecule has 0 bridgehead atoms. The van der Waals surface area contributed by atoms with Crippen molar-refractivity contribution >= 4 is 23.1 Å². The molecule has 1 aliphatic rings. The summed E-state index contributed by atoms with van der Waals surface area (Å²) < 4.78 is 5.32. The van der Waals surface area contributed by atoms with E-state index in [-0.39, 0.29) is 11.6 Å². The second-order valence-corrected chi connectivity index (χ2v) is 7.31. The second-order valence-electron chi connectivity index (χ2n) is 7.31. The topological polar surface area (TPSA) is 79.4 Å². The Morgan fingerprint density at radius 1 is 1.10 bits per heavy atom. The number of methoxy groups -OCH3 is 1. The van der Waals surface area contributed by atoms with Gasteiger partial charge in [0.15, 0.2) is 5.69 Å². The number of nitrogens with zero attached hydrogens (tertiary/aromatic N) is 3. The second kappa shape index (κ2) is 9.26. The van der Waals surface area contributed by atoms with Crippen LogP contribution in [0.15, 0.2) is 66.7 Å². The van der Waals surface area contributed by atoms with Crippen molar-refractivity contribution in [2.75, 3.05) is 42.3 Å². The first kappa shape index (κ1) is 19.7. The summed E-state index contributed by atoms with van der Waals surface area (Å²) in [5, 5.41) is 14.3. The summed E-state index contributed by atoms with van der Waals surface area (Å²) >= 11 is 0. The Morgan fingerprint density at radius 3 is 2.73 bits per heavy atom. The van der Waals surface area contributed by atoms with Crippen LogP contribution in [0.5, 0.6) is 5.75 Å². The first-order valence-electron chi connectivity index (χ1n) is 10.0. The van der Waals surface area contributed by atoms with Gasteiger partial charge < -0.3 is 20.3 Å². The van der Waals surface area contributed by atoms with Crippen molar-refractivity contribution in [1.29, 1.82) is 0 Å². The molecule has 1 amide bonds. The maximum Gasteiger partial charge on any atom is 0.276 e. The van der Waals surface area contributed by atoms with E-state index in [9.17, 15) is 4.79 Å². The van der Waals surface area contributed by atoms with E-state index in [0.29, 0.717) is 11.7 Å². The van der Waals surface area contributed by atoms with Crippen LogP contribution in [0.1, 0.15) is 16.9 Å². The normalized spacial score (nSPS) is 15.6. The molecule has 4 rings (SSSR count). The van der Waals surface area contributed by atoms with Gasteiger partial charge in [0.05, 0.1) is 7.11 Å². The monoisotopic (exact) mass is 403 g/mol. The van der Waals surface area contributed by atoms with Gasteiger partial charge in [-0.15, -0.1) is 10.2 Å². The average Bonchev–Trinajstić information content (AvgIpc) is 3.28. The molecule has 1 saturated heterocycles. The van der Waals surface area contributed by atoms with Gasteiger partial charge >= 0.3 is 0 Å². The minimum Gasteiger partial charge on any atom is -0.497 e. The molecular weight excluding hydrogens is 378 g/mol. The molecule has 0 aliphatic carbocycles. The fourth-order valence-corrected chi connectivity index (χ4v) is 3.55. The Hall–Kier alpha value is -3.61. The maximum absolute atomic E-state index is 12.3. The highest BCUT2D eigenvalue weighted by Crippen LogP contribution is 2.27. The molecule has 1 atom stereocenters. The van der Waals surface area contributed by atoms with Crippen molar-refractivity contribution in [3.8, 4) is 5.75 Å². The van der Waals surface area contributed by atoms with Gasteiger partial charge in [-0.25, -0.2) is 0 Å². The van der Waals surface area contributed by atoms with Gasteiger partial charge in [-0.05, 0) is 48.7 Å². The SMILES string of the molecule is COc1cccc(N2CCC(CNc3ccc(C(=O)Nc4ccccc4)nn3)C2)c1. The number of hydrogen-bond acceptors (Lipinski definition) is 6. The van der Waals surface area contributed by atoms with Crippen molar-refractivity contribution in [3.63, 3.8) is 0 Å². The Kier molecular flexibility index (Phi) is 6.08. The lowest BCUT2D eigenvalue weighted by Gasteiger charge is -2.19. The molecule has 1 aromatic heterocycles. The largest absolute Gasteiger partial charge is 0.497 e. The van der Waals surface area contributed by atoms with Crippen LogP contribution in [-0.4, -0.2) is 42.8 Å². The predicted molar refractivity (Wildman–Crippen MR) is 118 cm³/mol. The fraction of sp³-hybridized carbons (Fsp3) is 0.261. The van der Waals surface area contributed by atoms with Crippen LogP contribution >= 0.6 is 0 Å². The Labute approximate surface area is 176 Å². The van der Waals surface area contributed by atoms with Crippen LogP contribution in [0.3, 0.4) is 0 Å². The van der Waals surface area contributed by atoms with Gasteiger partial charge in [-0.3, -0.25) is 4.79 Å². The summed E-state index contributed by atoms with van der Waals surface area (Å²) in [7, 11) is 1.69. The van der Waals surface area contributed by atoms with E-state index < -0.39 is 0 Å². The van der Waals surface area contributed by atoms with E-state index >= 15 is 0 Å². The molecule has 0 saturated carbocycles. The van der Waals surface area contributed by atoms with E-state index in [4.69, 9.17) is 4.74 Å². The van der Waals surface area contributed by atoms with Crippen molar-refractivity contribution < 1.29 is 9.53 Å². The number of para-hydroxylation sites is 1. The minimum atomic E-state index is -0.273. The highest BCUT2D eigenvalue weighted by atomic mass is 16.5. The smallest absolute Gasteiger partial charge is 0.276 e. The number of benzene rings is 2. The summed E-state index contributed by atoms with van der Waals surface area (Å²) in [6.07, 6.45) is 1.11. The third-order valence-electron chi connectivity index (χ3n) is 5.21. The zero-order chi connectivity index (χ0) is 20.8. The summed E-state index contributed by atoms with van der Waals surface area (Å²) in [6.45, 7) is 2.81. The first-order chi connectivity index (χ1) is 14.7. The van der Waals surface area contributed by atoms with Crippen molar-refractivity contribution in [1.82, 2.24) is 10.2 Å². The van der Waals surface area contributed by atoms with E-state index in [2.05, 4.69) is 37.9 Å². The van der Waals surface area contributed by atoms with Crippen LogP contribution < -0.4 is 20.3 Å². The molecule has 2 aromatic carbocycles. The number of hydrogen-bond donors (Lipinski definition) is 2. The number of aromatic nitrogens is 2. The molecular formula is C23H25N5O2. The summed E-state index contributed by atoms with van der Waals surface area (Å²) in [4.78, 5) is 14.6. The Balaban J connectivity index is 1.28. The van der Waals surface area contributed by atoms with Gasteiger partial charge in [0.1, 0.15) is 11.6 Å². The number of nitrogens with one attached hydrogen (secondary N) is 2. The molecule has 0 radical (unpaired) electrons. The number of carbonyl (C=O) groups excluding carboxylic acids is 1. The Morgan fingerprint density at radius 2 is 1.97 bits per heavy atom. The molecule has 154 valence electrons. The molecule has 1 aliphatic heterocycles. The number of amides is 1. The first-order valence-corrected chi connectivity index (χ1v) is 10.0. The third-order valence-corrected chi connectivity index (χ3v) is 5.21. The molecule has 1 fully saturated rings. The van der Waals surface area contributed by atoms with Gasteiger partial charge in [-0.2, -0.15) is 0 Å². The molecule has 2 heterocycles. The average molecular weight is 403 g/mol. The highest BCUT2D eigenvalue weighted by Gasteiger charge is 2.23. The quantitative estimate of drug-likeness (QED) is 0.627. The van der Waals surface area contributed by atoms with E-state index in [1.165, 1.54) is 5.69 Å². The molecule has 2 N–H and O–H groups in total. The Bertz CT molecular complexity index is 978. The molecule has 1 unspecified atom stereocenters. The van der Waals surface area contributed by atoms with Gasteiger partial charge in [0, 0.05) is 37.1 Å². The zero-order valence-corrected chi connectivity index (χ0v) is 16.9. The summed E-state index contributed by atoms with van der Waals surface area (Å²) in [6, 6.07) is 20.9. The number of ether oxygens (including phenoxy) is 1. The maximum atomic E-state index is 12.3. The van der Waals surface area contributed by atoms with E-state index in [0.717, 1.165) is 37.5 Å². The van der Waals surface area contributed by atoms with Crippen LogP contribution in [0, 0.1) is 5.92 Å². The molecule has 7 heteroatoms. The molecule has 0 spiro atoms. The fourth-order valence-electron chi connectivity index (χ4n) is 3.55. The molecule has 7 nitrogen and oxygen atoms in total. The molecule has 30 heavy (non-hydrogen) atoms. The van der Waals surface area contributed by atoms with Crippen LogP contribution in [0.4, 0.5) is 17.2 Å². The van der Waals surface area contributed by atoms with Crippen molar-refractivity contribution in [2.45, 2.75) is 6.42 Å². The van der Waals surface area contributed by atoms with Gasteiger partial charge in [-0.1, -0.05) is 24.3 Å².